The first-order valence-corrected chi connectivity index (χ1v) is 7.26. The van der Waals surface area contributed by atoms with E-state index >= 15 is 0 Å². The minimum atomic E-state index is -0.774. The summed E-state index contributed by atoms with van der Waals surface area (Å²) < 4.78 is 1.02. The molecule has 0 saturated heterocycles. The zero-order valence-corrected chi connectivity index (χ0v) is 12.2. The average molecular weight is 326 g/mol. The Morgan fingerprint density at radius 3 is 2.94 bits per heavy atom. The van der Waals surface area contributed by atoms with E-state index in [0.29, 0.717) is 5.75 Å². The molecular formula is C13H12BrNO2S. The molecule has 1 N–H and O–H groups in total. The first kappa shape index (κ1) is 13.4. The van der Waals surface area contributed by atoms with Crippen LogP contribution >= 0.6 is 27.7 Å². The van der Waals surface area contributed by atoms with Gasteiger partial charge in [-0.05, 0) is 12.1 Å². The number of rotatable bonds is 4. The highest BCUT2D eigenvalue weighted by atomic mass is 79.9. The quantitative estimate of drug-likeness (QED) is 0.868. The second-order valence-electron chi connectivity index (χ2n) is 4.00. The molecule has 2 rings (SSSR count). The Balaban J connectivity index is 2.29. The molecule has 1 aromatic carbocycles. The molecule has 94 valence electrons. The van der Waals surface area contributed by atoms with E-state index in [0.717, 1.165) is 20.3 Å². The van der Waals surface area contributed by atoms with Gasteiger partial charge in [-0.25, -0.2) is 4.98 Å². The third-order valence-corrected chi connectivity index (χ3v) is 4.56. The third-order valence-electron chi connectivity index (χ3n) is 2.61. The van der Waals surface area contributed by atoms with Crippen molar-refractivity contribution < 1.29 is 9.90 Å². The van der Waals surface area contributed by atoms with Crippen LogP contribution in [0.5, 0.6) is 0 Å². The lowest BCUT2D eigenvalue weighted by molar-refractivity contribution is -0.140. The zero-order chi connectivity index (χ0) is 13.1. The van der Waals surface area contributed by atoms with Crippen LogP contribution in [0.1, 0.15) is 6.92 Å². The number of carboxylic acid groups (broad SMARTS) is 1. The number of aromatic nitrogens is 1. The third kappa shape index (κ3) is 2.84. The van der Waals surface area contributed by atoms with Gasteiger partial charge in [0.25, 0.3) is 0 Å². The molecule has 0 radical (unpaired) electrons. The second kappa shape index (κ2) is 5.71. The summed E-state index contributed by atoms with van der Waals surface area (Å²) in [6.45, 7) is 1.70. The SMILES string of the molecule is CC(CSc1nccc2c(Br)cccc12)C(=O)O. The van der Waals surface area contributed by atoms with Gasteiger partial charge in [-0.3, -0.25) is 4.79 Å². The fraction of sp³-hybridized carbons (Fsp3) is 0.231. The van der Waals surface area contributed by atoms with Gasteiger partial charge in [0.05, 0.1) is 5.92 Å². The predicted octanol–water partition coefficient (Wildman–Crippen LogP) is 3.81. The lowest BCUT2D eigenvalue weighted by atomic mass is 10.2. The van der Waals surface area contributed by atoms with E-state index in [1.54, 1.807) is 13.1 Å². The Kier molecular flexibility index (Phi) is 4.24. The minimum absolute atomic E-state index is 0.376. The molecule has 3 nitrogen and oxygen atoms in total. The van der Waals surface area contributed by atoms with Crippen LogP contribution in [-0.2, 0) is 4.79 Å². The van der Waals surface area contributed by atoms with Gasteiger partial charge in [-0.1, -0.05) is 35.0 Å². The van der Waals surface area contributed by atoms with Gasteiger partial charge in [0.2, 0.25) is 0 Å². The molecular weight excluding hydrogens is 314 g/mol. The molecule has 2 aromatic rings. The second-order valence-corrected chi connectivity index (χ2v) is 5.86. The fourth-order valence-electron chi connectivity index (χ4n) is 1.53. The van der Waals surface area contributed by atoms with Gasteiger partial charge in [0.15, 0.2) is 0 Å². The van der Waals surface area contributed by atoms with E-state index in [-0.39, 0.29) is 5.92 Å². The summed E-state index contributed by atoms with van der Waals surface area (Å²) in [6, 6.07) is 7.89. The summed E-state index contributed by atoms with van der Waals surface area (Å²) in [7, 11) is 0. The molecule has 1 unspecified atom stereocenters. The normalized spacial score (nSPS) is 12.6. The molecule has 5 heteroatoms. The summed E-state index contributed by atoms with van der Waals surface area (Å²) >= 11 is 4.99. The molecule has 18 heavy (non-hydrogen) atoms. The van der Waals surface area contributed by atoms with Crippen molar-refractivity contribution in [2.24, 2.45) is 5.92 Å². The Labute approximate surface area is 118 Å². The largest absolute Gasteiger partial charge is 0.481 e. The summed E-state index contributed by atoms with van der Waals surface area (Å²) in [5.41, 5.74) is 0. The Morgan fingerprint density at radius 2 is 2.22 bits per heavy atom. The molecule has 0 spiro atoms. The maximum absolute atomic E-state index is 10.8. The van der Waals surface area contributed by atoms with Crippen LogP contribution in [0.4, 0.5) is 0 Å². The highest BCUT2D eigenvalue weighted by Gasteiger charge is 2.13. The van der Waals surface area contributed by atoms with Gasteiger partial charge in [-0.15, -0.1) is 11.8 Å². The molecule has 1 aromatic heterocycles. The number of thioether (sulfide) groups is 1. The molecule has 0 amide bonds. The minimum Gasteiger partial charge on any atom is -0.481 e. The molecule has 0 bridgehead atoms. The van der Waals surface area contributed by atoms with Crippen molar-refractivity contribution in [3.05, 3.63) is 34.9 Å². The lowest BCUT2D eigenvalue weighted by Gasteiger charge is -2.08. The number of carboxylic acids is 1. The molecule has 0 aliphatic rings. The van der Waals surface area contributed by atoms with Gasteiger partial charge >= 0.3 is 5.97 Å². The van der Waals surface area contributed by atoms with E-state index in [1.807, 2.05) is 24.3 Å². The standard InChI is InChI=1S/C13H12BrNO2S/c1-8(13(16)17)7-18-12-10-3-2-4-11(14)9(10)5-6-15-12/h2-6,8H,7H2,1H3,(H,16,17). The number of carbonyl (C=O) groups is 1. The maximum Gasteiger partial charge on any atom is 0.307 e. The van der Waals surface area contributed by atoms with Crippen LogP contribution in [-0.4, -0.2) is 21.8 Å². The van der Waals surface area contributed by atoms with E-state index in [4.69, 9.17) is 5.11 Å². The number of aliphatic carboxylic acids is 1. The van der Waals surface area contributed by atoms with Crippen molar-refractivity contribution in [1.82, 2.24) is 4.98 Å². The van der Waals surface area contributed by atoms with Crippen LogP contribution in [0.15, 0.2) is 40.0 Å². The molecule has 1 atom stereocenters. The van der Waals surface area contributed by atoms with Crippen LogP contribution in [0.3, 0.4) is 0 Å². The van der Waals surface area contributed by atoms with Crippen molar-refractivity contribution in [3.63, 3.8) is 0 Å². The van der Waals surface area contributed by atoms with E-state index in [2.05, 4.69) is 20.9 Å². The van der Waals surface area contributed by atoms with Crippen molar-refractivity contribution >= 4 is 44.4 Å². The van der Waals surface area contributed by atoms with Gasteiger partial charge in [0.1, 0.15) is 5.03 Å². The molecule has 0 fully saturated rings. The van der Waals surface area contributed by atoms with Crippen molar-refractivity contribution in [1.29, 1.82) is 0 Å². The van der Waals surface area contributed by atoms with Crippen molar-refractivity contribution in [2.45, 2.75) is 11.9 Å². The number of pyridine rings is 1. The molecule has 0 saturated carbocycles. The monoisotopic (exact) mass is 325 g/mol. The topological polar surface area (TPSA) is 50.2 Å². The number of nitrogens with zero attached hydrogens (tertiary/aromatic N) is 1. The van der Waals surface area contributed by atoms with Gasteiger partial charge in [-0.2, -0.15) is 0 Å². The number of hydrogen-bond donors (Lipinski definition) is 1. The first-order chi connectivity index (χ1) is 8.59. The van der Waals surface area contributed by atoms with Crippen LogP contribution in [0, 0.1) is 5.92 Å². The Bertz CT molecular complexity index is 588. The highest BCUT2D eigenvalue weighted by molar-refractivity contribution is 9.10. The van der Waals surface area contributed by atoms with Crippen molar-refractivity contribution in [3.8, 4) is 0 Å². The van der Waals surface area contributed by atoms with Crippen LogP contribution in [0.2, 0.25) is 0 Å². The van der Waals surface area contributed by atoms with E-state index in [9.17, 15) is 4.79 Å². The van der Waals surface area contributed by atoms with Crippen LogP contribution < -0.4 is 0 Å². The van der Waals surface area contributed by atoms with Gasteiger partial charge < -0.3 is 5.11 Å². The van der Waals surface area contributed by atoms with Gasteiger partial charge in [0, 0.05) is 27.2 Å². The number of benzene rings is 1. The predicted molar refractivity (Wildman–Crippen MR) is 77.0 cm³/mol. The molecule has 0 aliphatic carbocycles. The Hall–Kier alpha value is -1.07. The summed E-state index contributed by atoms with van der Waals surface area (Å²) in [6.07, 6.45) is 1.75. The fourth-order valence-corrected chi connectivity index (χ4v) is 3.05. The number of halogens is 1. The highest BCUT2D eigenvalue weighted by Crippen LogP contribution is 2.30. The van der Waals surface area contributed by atoms with E-state index < -0.39 is 5.97 Å². The average Bonchev–Trinajstić information content (AvgIpc) is 2.36. The maximum atomic E-state index is 10.8. The first-order valence-electron chi connectivity index (χ1n) is 5.48. The smallest absolute Gasteiger partial charge is 0.307 e. The zero-order valence-electron chi connectivity index (χ0n) is 9.76. The van der Waals surface area contributed by atoms with Crippen LogP contribution in [0.25, 0.3) is 10.8 Å². The number of fused-ring (bicyclic) bond motifs is 1. The summed E-state index contributed by atoms with van der Waals surface area (Å²) in [5.74, 6) is -0.628. The number of hydrogen-bond acceptors (Lipinski definition) is 3. The summed E-state index contributed by atoms with van der Waals surface area (Å²) in [5, 5.41) is 11.9. The summed E-state index contributed by atoms with van der Waals surface area (Å²) in [4.78, 5) is 15.1. The molecule has 1 heterocycles. The lowest BCUT2D eigenvalue weighted by Crippen LogP contribution is -2.11. The Morgan fingerprint density at radius 1 is 1.44 bits per heavy atom. The molecule has 0 aliphatic heterocycles. The van der Waals surface area contributed by atoms with Crippen molar-refractivity contribution in [2.75, 3.05) is 5.75 Å². The van der Waals surface area contributed by atoms with E-state index in [1.165, 1.54) is 11.8 Å².